The molecule has 0 aliphatic carbocycles. The number of rotatable bonds is 2. The van der Waals surface area contributed by atoms with Gasteiger partial charge in [-0.05, 0) is 6.42 Å². The molecule has 0 fully saturated rings. The van der Waals surface area contributed by atoms with Crippen LogP contribution in [0.3, 0.4) is 0 Å². The maximum Gasteiger partial charge on any atom is 0.327 e. The Morgan fingerprint density at radius 1 is 1.70 bits per heavy atom. The van der Waals surface area contributed by atoms with Crippen LogP contribution in [0, 0.1) is 0 Å². The predicted octanol–water partition coefficient (Wildman–Crippen LogP) is -0.401. The number of hydrogen-bond donors (Lipinski definition) is 2. The lowest BCUT2D eigenvalue weighted by Gasteiger charge is -1.92. The summed E-state index contributed by atoms with van der Waals surface area (Å²) >= 11 is 0. The molecule has 0 radical (unpaired) electrons. The fraction of sp³-hybridized carbons (Fsp3) is 0.750. The van der Waals surface area contributed by atoms with E-state index in [0.29, 0.717) is 13.0 Å². The van der Waals surface area contributed by atoms with Crippen LogP contribution in [-0.2, 0) is 10.1 Å². The van der Waals surface area contributed by atoms with Gasteiger partial charge in [0.25, 0.3) is 0 Å². The molecule has 60 valence electrons. The number of nitrogens with zero attached hydrogens (tertiary/aromatic N) is 1. The number of aliphatic imine (C=N–C) groups is 1. The topological polar surface area (TPSA) is 92.8 Å². The summed E-state index contributed by atoms with van der Waals surface area (Å²) in [5.41, 5.74) is 4.85. The Kier molecular flexibility index (Phi) is 3.31. The molecular formula is C4H10N2O3S. The lowest BCUT2D eigenvalue weighted by Crippen LogP contribution is -2.23. The van der Waals surface area contributed by atoms with E-state index < -0.39 is 15.3 Å². The minimum absolute atomic E-state index is 0.311. The van der Waals surface area contributed by atoms with Crippen LogP contribution in [-0.4, -0.2) is 24.7 Å². The summed E-state index contributed by atoms with van der Waals surface area (Å²) in [5.74, 6) is 0. The fourth-order valence-corrected chi connectivity index (χ4v) is 0.558. The lowest BCUT2D eigenvalue weighted by molar-refractivity contribution is 0.497. The Morgan fingerprint density at radius 3 is 2.50 bits per heavy atom. The smallest absolute Gasteiger partial charge is 0.327 e. The normalized spacial score (nSPS) is 13.6. The van der Waals surface area contributed by atoms with Crippen molar-refractivity contribution in [3.8, 4) is 0 Å². The van der Waals surface area contributed by atoms with E-state index in [2.05, 4.69) is 4.99 Å². The Labute approximate surface area is 59.7 Å². The number of hydrogen-bond acceptors (Lipinski definition) is 3. The first-order valence-corrected chi connectivity index (χ1v) is 4.20. The van der Waals surface area contributed by atoms with Crippen molar-refractivity contribution in [2.24, 2.45) is 10.7 Å². The Bertz CT molecular complexity index is 219. The molecule has 0 spiro atoms. The summed E-state index contributed by atoms with van der Waals surface area (Å²) in [7, 11) is -4.25. The summed E-state index contributed by atoms with van der Waals surface area (Å²) in [5, 5.41) is -0.714. The first-order valence-electron chi connectivity index (χ1n) is 2.76. The third-order valence-corrected chi connectivity index (χ3v) is 1.41. The van der Waals surface area contributed by atoms with Crippen LogP contribution in [0.1, 0.15) is 13.3 Å². The van der Waals surface area contributed by atoms with Gasteiger partial charge in [-0.15, -0.1) is 0 Å². The van der Waals surface area contributed by atoms with Crippen molar-refractivity contribution in [2.45, 2.75) is 13.3 Å². The van der Waals surface area contributed by atoms with Gasteiger partial charge in [-0.25, -0.2) is 0 Å². The molecule has 5 nitrogen and oxygen atoms in total. The van der Waals surface area contributed by atoms with E-state index >= 15 is 0 Å². The van der Waals surface area contributed by atoms with Crippen LogP contribution >= 0.6 is 0 Å². The third kappa shape index (κ3) is 3.41. The van der Waals surface area contributed by atoms with E-state index in [-0.39, 0.29) is 0 Å². The second-order valence-corrected chi connectivity index (χ2v) is 3.06. The minimum Gasteiger partial charge on any atom is -0.372 e. The van der Waals surface area contributed by atoms with Crippen LogP contribution in [0.4, 0.5) is 0 Å². The minimum atomic E-state index is -4.25. The van der Waals surface area contributed by atoms with Crippen LogP contribution in [0.25, 0.3) is 0 Å². The molecule has 0 aromatic rings. The van der Waals surface area contributed by atoms with Crippen LogP contribution in [0.5, 0.6) is 0 Å². The van der Waals surface area contributed by atoms with Gasteiger partial charge in [0.15, 0.2) is 0 Å². The second kappa shape index (κ2) is 3.52. The molecule has 0 saturated carbocycles. The predicted molar refractivity (Wildman–Crippen MR) is 38.3 cm³/mol. The average Bonchev–Trinajstić information content (AvgIpc) is 1.80. The van der Waals surface area contributed by atoms with Crippen LogP contribution in [0.15, 0.2) is 4.99 Å². The largest absolute Gasteiger partial charge is 0.372 e. The lowest BCUT2D eigenvalue weighted by atomic mass is 10.5. The van der Waals surface area contributed by atoms with E-state index in [0.717, 1.165) is 0 Å². The molecular weight excluding hydrogens is 156 g/mol. The van der Waals surface area contributed by atoms with Gasteiger partial charge in [0, 0.05) is 6.54 Å². The van der Waals surface area contributed by atoms with Crippen LogP contribution in [0.2, 0.25) is 0 Å². The maximum absolute atomic E-state index is 10.1. The van der Waals surface area contributed by atoms with Gasteiger partial charge in [0.05, 0.1) is 0 Å². The molecule has 0 unspecified atom stereocenters. The first-order chi connectivity index (χ1) is 4.48. The van der Waals surface area contributed by atoms with Gasteiger partial charge in [-0.3, -0.25) is 9.55 Å². The monoisotopic (exact) mass is 166 g/mol. The Hall–Kier alpha value is -0.620. The van der Waals surface area contributed by atoms with E-state index in [1.54, 1.807) is 0 Å². The molecule has 3 N–H and O–H groups in total. The molecule has 10 heavy (non-hydrogen) atoms. The van der Waals surface area contributed by atoms with E-state index in [1.165, 1.54) is 0 Å². The van der Waals surface area contributed by atoms with Crippen LogP contribution < -0.4 is 5.73 Å². The number of amidine groups is 1. The van der Waals surface area contributed by atoms with E-state index in [9.17, 15) is 8.42 Å². The SMILES string of the molecule is CCCN=C(N)S(=O)(=O)O. The molecule has 0 atom stereocenters. The van der Waals surface area contributed by atoms with Gasteiger partial charge >= 0.3 is 10.1 Å². The van der Waals surface area contributed by atoms with Crippen molar-refractivity contribution in [3.05, 3.63) is 0 Å². The quantitative estimate of drug-likeness (QED) is 0.331. The molecule has 0 heterocycles. The van der Waals surface area contributed by atoms with Gasteiger partial charge in [0.1, 0.15) is 0 Å². The summed E-state index contributed by atoms with van der Waals surface area (Å²) in [6, 6.07) is 0. The van der Waals surface area contributed by atoms with Gasteiger partial charge in [-0.1, -0.05) is 6.92 Å². The van der Waals surface area contributed by atoms with E-state index in [1.807, 2.05) is 6.92 Å². The Morgan fingerprint density at radius 2 is 2.20 bits per heavy atom. The van der Waals surface area contributed by atoms with Crippen molar-refractivity contribution in [1.82, 2.24) is 0 Å². The highest BCUT2D eigenvalue weighted by atomic mass is 32.2. The highest BCUT2D eigenvalue weighted by molar-refractivity contribution is 8.01. The van der Waals surface area contributed by atoms with E-state index in [4.69, 9.17) is 10.3 Å². The van der Waals surface area contributed by atoms with Crippen molar-refractivity contribution in [3.63, 3.8) is 0 Å². The third-order valence-electron chi connectivity index (χ3n) is 0.756. The van der Waals surface area contributed by atoms with Gasteiger partial charge < -0.3 is 5.73 Å². The molecule has 0 aromatic carbocycles. The summed E-state index contributed by atoms with van der Waals surface area (Å²) in [4.78, 5) is 3.37. The zero-order chi connectivity index (χ0) is 8.20. The molecule has 0 amide bonds. The van der Waals surface area contributed by atoms with Gasteiger partial charge in [0.2, 0.25) is 5.17 Å². The first kappa shape index (κ1) is 9.38. The van der Waals surface area contributed by atoms with Crippen molar-refractivity contribution < 1.29 is 13.0 Å². The molecule has 0 rings (SSSR count). The second-order valence-electron chi connectivity index (χ2n) is 1.70. The van der Waals surface area contributed by atoms with Crippen molar-refractivity contribution >= 4 is 15.3 Å². The molecule has 0 aliphatic rings. The van der Waals surface area contributed by atoms with Gasteiger partial charge in [-0.2, -0.15) is 8.42 Å². The van der Waals surface area contributed by atoms with Crippen molar-refractivity contribution in [2.75, 3.05) is 6.54 Å². The summed E-state index contributed by atoms with van der Waals surface area (Å²) in [6.07, 6.45) is 0.691. The zero-order valence-electron chi connectivity index (χ0n) is 5.61. The summed E-state index contributed by atoms with van der Waals surface area (Å²) in [6.45, 7) is 2.13. The molecule has 6 heteroatoms. The Balaban J connectivity index is 4.22. The standard InChI is InChI=1S/C4H10N2O3S/c1-2-3-6-4(5)10(7,8)9/h2-3H2,1H3,(H2,5,6)(H,7,8,9). The molecule has 0 saturated heterocycles. The molecule has 0 aromatic heterocycles. The zero-order valence-corrected chi connectivity index (χ0v) is 6.43. The average molecular weight is 166 g/mol. The number of nitrogens with two attached hydrogens (primary N) is 1. The maximum atomic E-state index is 10.1. The summed E-state index contributed by atoms with van der Waals surface area (Å²) < 4.78 is 28.5. The van der Waals surface area contributed by atoms with Crippen molar-refractivity contribution in [1.29, 1.82) is 0 Å². The highest BCUT2D eigenvalue weighted by Crippen LogP contribution is 1.84. The molecule has 0 aliphatic heterocycles. The molecule has 0 bridgehead atoms. The fourth-order valence-electron chi connectivity index (χ4n) is 0.304. The highest BCUT2D eigenvalue weighted by Gasteiger charge is 2.08.